The predicted molar refractivity (Wildman–Crippen MR) is 92.6 cm³/mol. The number of carbonyl (C=O) groups excluding carboxylic acids is 1. The summed E-state index contributed by atoms with van der Waals surface area (Å²) in [4.78, 5) is 12.7. The number of aromatic nitrogens is 4. The molecule has 0 saturated heterocycles. The largest absolute Gasteiger partial charge is 0.295 e. The van der Waals surface area contributed by atoms with Gasteiger partial charge in [-0.2, -0.15) is 5.10 Å². The van der Waals surface area contributed by atoms with Gasteiger partial charge in [0.2, 0.25) is 5.13 Å². The Balaban J connectivity index is 1.76. The second-order valence-corrected chi connectivity index (χ2v) is 6.75. The van der Waals surface area contributed by atoms with Crippen molar-refractivity contribution in [3.63, 3.8) is 0 Å². The van der Waals surface area contributed by atoms with Gasteiger partial charge in [-0.3, -0.25) is 10.1 Å². The molecule has 1 aromatic carbocycles. The molecule has 1 aliphatic carbocycles. The molecule has 1 aliphatic rings. The third-order valence-corrected chi connectivity index (χ3v) is 4.90. The molecule has 4 rings (SSSR count). The fraction of sp³-hybridized carbons (Fsp3) is 0.294. The monoisotopic (exact) mass is 357 g/mol. The number of rotatable bonds is 3. The summed E-state index contributed by atoms with van der Waals surface area (Å²) in [6, 6.07) is 6.17. The number of nitrogens with one attached hydrogen (secondary N) is 1. The number of anilines is 1. The molecule has 2 aromatic heterocycles. The number of carbonyl (C=O) groups is 1. The van der Waals surface area contributed by atoms with Gasteiger partial charge >= 0.3 is 0 Å². The molecular formula is C17H16FN5OS. The second kappa shape index (κ2) is 6.72. The van der Waals surface area contributed by atoms with Crippen molar-refractivity contribution >= 4 is 22.4 Å². The van der Waals surface area contributed by atoms with Gasteiger partial charge in [0.05, 0.1) is 5.69 Å². The average Bonchev–Trinajstić information content (AvgIpc) is 3.17. The molecule has 0 aliphatic heterocycles. The number of fused-ring (bicyclic) bond motifs is 1. The van der Waals surface area contributed by atoms with E-state index in [4.69, 9.17) is 0 Å². The molecule has 0 spiro atoms. The highest BCUT2D eigenvalue weighted by Gasteiger charge is 2.25. The maximum Gasteiger partial charge on any atom is 0.278 e. The van der Waals surface area contributed by atoms with E-state index in [1.807, 2.05) is 0 Å². The normalized spacial score (nSPS) is 14.0. The number of hydrogen-bond donors (Lipinski definition) is 1. The second-order valence-electron chi connectivity index (χ2n) is 5.92. The number of benzene rings is 1. The zero-order valence-corrected chi connectivity index (χ0v) is 14.2. The van der Waals surface area contributed by atoms with Gasteiger partial charge in [0.15, 0.2) is 5.69 Å². The summed E-state index contributed by atoms with van der Waals surface area (Å²) in [7, 11) is 0. The van der Waals surface area contributed by atoms with Gasteiger partial charge in [-0.05, 0) is 49.9 Å². The van der Waals surface area contributed by atoms with Crippen molar-refractivity contribution in [2.45, 2.75) is 32.1 Å². The molecule has 128 valence electrons. The van der Waals surface area contributed by atoms with Gasteiger partial charge < -0.3 is 0 Å². The van der Waals surface area contributed by atoms with Gasteiger partial charge in [0.1, 0.15) is 11.3 Å². The molecule has 0 bridgehead atoms. The minimum absolute atomic E-state index is 0.282. The maximum absolute atomic E-state index is 13.2. The molecule has 1 N–H and O–H groups in total. The van der Waals surface area contributed by atoms with E-state index < -0.39 is 0 Å². The Kier molecular flexibility index (Phi) is 4.27. The fourth-order valence-electron chi connectivity index (χ4n) is 3.14. The first-order chi connectivity index (χ1) is 12.2. The van der Waals surface area contributed by atoms with Crippen molar-refractivity contribution in [3.05, 3.63) is 52.5 Å². The van der Waals surface area contributed by atoms with E-state index >= 15 is 0 Å². The van der Waals surface area contributed by atoms with Crippen LogP contribution in [-0.4, -0.2) is 25.9 Å². The van der Waals surface area contributed by atoms with Gasteiger partial charge in [-0.1, -0.05) is 17.8 Å². The van der Waals surface area contributed by atoms with E-state index in [9.17, 15) is 9.18 Å². The highest BCUT2D eigenvalue weighted by Crippen LogP contribution is 2.27. The molecule has 0 radical (unpaired) electrons. The van der Waals surface area contributed by atoms with Crippen molar-refractivity contribution in [2.75, 3.05) is 5.32 Å². The number of hydrogen-bond acceptors (Lipinski definition) is 5. The lowest BCUT2D eigenvalue weighted by Gasteiger charge is -2.07. The smallest absolute Gasteiger partial charge is 0.278 e. The maximum atomic E-state index is 13.2. The van der Waals surface area contributed by atoms with Gasteiger partial charge in [0, 0.05) is 11.3 Å². The van der Waals surface area contributed by atoms with Crippen molar-refractivity contribution in [1.82, 2.24) is 20.0 Å². The Labute approximate surface area is 147 Å². The van der Waals surface area contributed by atoms with E-state index in [1.54, 1.807) is 22.3 Å². The Hall–Kier alpha value is -2.61. The van der Waals surface area contributed by atoms with E-state index in [-0.39, 0.29) is 11.7 Å². The number of amides is 1. The number of halogens is 1. The van der Waals surface area contributed by atoms with Crippen LogP contribution in [0, 0.1) is 5.82 Å². The molecule has 3 aromatic rings. The molecule has 0 saturated carbocycles. The van der Waals surface area contributed by atoms with Crippen LogP contribution in [0.4, 0.5) is 9.52 Å². The van der Waals surface area contributed by atoms with Crippen LogP contribution in [0.2, 0.25) is 0 Å². The first-order valence-electron chi connectivity index (χ1n) is 8.16. The summed E-state index contributed by atoms with van der Waals surface area (Å²) in [5, 5.41) is 15.3. The van der Waals surface area contributed by atoms with Gasteiger partial charge in [0.25, 0.3) is 5.91 Å². The van der Waals surface area contributed by atoms with Gasteiger partial charge in [-0.25, -0.2) is 9.07 Å². The van der Waals surface area contributed by atoms with Gasteiger partial charge in [-0.15, -0.1) is 10.2 Å². The first kappa shape index (κ1) is 15.9. The molecule has 8 heteroatoms. The lowest BCUT2D eigenvalue weighted by Crippen LogP contribution is -2.15. The summed E-state index contributed by atoms with van der Waals surface area (Å²) >= 11 is 1.26. The molecule has 0 atom stereocenters. The Morgan fingerprint density at radius 2 is 1.96 bits per heavy atom. The Morgan fingerprint density at radius 3 is 2.72 bits per heavy atom. The minimum atomic E-state index is -0.295. The summed E-state index contributed by atoms with van der Waals surface area (Å²) < 4.78 is 15.0. The highest BCUT2D eigenvalue weighted by atomic mass is 32.1. The van der Waals surface area contributed by atoms with E-state index in [1.165, 1.54) is 23.5 Å². The van der Waals surface area contributed by atoms with Crippen molar-refractivity contribution in [3.8, 4) is 5.69 Å². The minimum Gasteiger partial charge on any atom is -0.295 e. The first-order valence-corrected chi connectivity index (χ1v) is 9.04. The number of nitrogens with zero attached hydrogens (tertiary/aromatic N) is 4. The van der Waals surface area contributed by atoms with Crippen molar-refractivity contribution in [2.24, 2.45) is 0 Å². The van der Waals surface area contributed by atoms with Crippen LogP contribution in [0.1, 0.15) is 41.0 Å². The predicted octanol–water partition coefficient (Wildman–Crippen LogP) is 3.38. The average molecular weight is 357 g/mol. The molecule has 1 amide bonds. The van der Waals surface area contributed by atoms with E-state index in [0.717, 1.165) is 49.0 Å². The zero-order chi connectivity index (χ0) is 17.2. The van der Waals surface area contributed by atoms with Crippen LogP contribution in [0.15, 0.2) is 29.8 Å². The summed E-state index contributed by atoms with van der Waals surface area (Å²) in [6.07, 6.45) is 4.87. The summed E-state index contributed by atoms with van der Waals surface area (Å²) in [6.45, 7) is 0. The zero-order valence-electron chi connectivity index (χ0n) is 13.4. The molecule has 2 heterocycles. The Morgan fingerprint density at radius 1 is 1.16 bits per heavy atom. The lowest BCUT2D eigenvalue weighted by atomic mass is 10.1. The van der Waals surface area contributed by atoms with Crippen molar-refractivity contribution < 1.29 is 9.18 Å². The molecular weight excluding hydrogens is 341 g/mol. The fourth-order valence-corrected chi connectivity index (χ4v) is 3.58. The summed E-state index contributed by atoms with van der Waals surface area (Å²) in [5.74, 6) is -0.577. The highest BCUT2D eigenvalue weighted by molar-refractivity contribution is 7.13. The van der Waals surface area contributed by atoms with Crippen LogP contribution in [-0.2, 0) is 12.8 Å². The van der Waals surface area contributed by atoms with Crippen LogP contribution >= 0.6 is 11.3 Å². The summed E-state index contributed by atoms with van der Waals surface area (Å²) in [5.41, 5.74) is 4.74. The van der Waals surface area contributed by atoms with Crippen LogP contribution in [0.25, 0.3) is 5.69 Å². The SMILES string of the molecule is O=C(Nc1nncs1)c1nn(-c2ccc(F)cc2)c2c1CCCCC2. The third-order valence-electron chi connectivity index (χ3n) is 4.30. The van der Waals surface area contributed by atoms with Crippen LogP contribution in [0.5, 0.6) is 0 Å². The van der Waals surface area contributed by atoms with E-state index in [0.29, 0.717) is 10.8 Å². The standard InChI is InChI=1S/C17H16FN5OS/c18-11-6-8-12(9-7-11)23-14-5-3-1-2-4-13(14)15(22-23)16(24)20-17-21-19-10-25-17/h6-10H,1-5H2,(H,20,21,24). The topological polar surface area (TPSA) is 72.7 Å². The molecule has 0 fully saturated rings. The van der Waals surface area contributed by atoms with Crippen LogP contribution in [0.3, 0.4) is 0 Å². The quantitative estimate of drug-likeness (QED) is 0.729. The third kappa shape index (κ3) is 3.17. The van der Waals surface area contributed by atoms with E-state index in [2.05, 4.69) is 20.6 Å². The molecule has 6 nitrogen and oxygen atoms in total. The molecule has 25 heavy (non-hydrogen) atoms. The van der Waals surface area contributed by atoms with Crippen LogP contribution < -0.4 is 5.32 Å². The lowest BCUT2D eigenvalue weighted by molar-refractivity contribution is 0.102. The Bertz CT molecular complexity index is 889. The van der Waals surface area contributed by atoms with Crippen molar-refractivity contribution in [1.29, 1.82) is 0 Å². The molecule has 0 unspecified atom stereocenters.